The van der Waals surface area contributed by atoms with E-state index >= 15 is 0 Å². The van der Waals surface area contributed by atoms with Crippen LogP contribution < -0.4 is 20.7 Å². The molecule has 0 atom stereocenters. The number of amides is 2. The van der Waals surface area contributed by atoms with E-state index in [1.54, 1.807) is 6.07 Å². The van der Waals surface area contributed by atoms with Crippen molar-refractivity contribution in [2.45, 2.75) is 70.1 Å². The fourth-order valence-electron chi connectivity index (χ4n) is 6.89. The molecule has 3 aliphatic rings. The number of benzene rings is 2. The summed E-state index contributed by atoms with van der Waals surface area (Å²) >= 11 is 0. The monoisotopic (exact) mass is 651 g/mol. The number of fused-ring (bicyclic) bond motifs is 1. The van der Waals surface area contributed by atoms with Crippen LogP contribution in [0, 0.1) is 5.82 Å². The third-order valence-electron chi connectivity index (χ3n) is 9.56. The van der Waals surface area contributed by atoms with Crippen LogP contribution in [-0.4, -0.2) is 69.7 Å². The van der Waals surface area contributed by atoms with Gasteiger partial charge in [0.2, 0.25) is 5.88 Å². The van der Waals surface area contributed by atoms with Gasteiger partial charge < -0.3 is 20.7 Å². The highest BCUT2D eigenvalue weighted by Gasteiger charge is 2.27. The Kier molecular flexibility index (Phi) is 9.76. The number of piperazine rings is 1. The molecule has 2 fully saturated rings. The van der Waals surface area contributed by atoms with Gasteiger partial charge in [0.05, 0.1) is 6.20 Å². The smallest absolute Gasteiger partial charge is 0.272 e. The maximum Gasteiger partial charge on any atom is 0.272 e. The molecule has 3 N–H and O–H groups in total. The Hall–Kier alpha value is -4.61. The van der Waals surface area contributed by atoms with Gasteiger partial charge in [-0.1, -0.05) is 36.4 Å². The van der Waals surface area contributed by atoms with Crippen molar-refractivity contribution < 1.29 is 18.7 Å². The van der Waals surface area contributed by atoms with Gasteiger partial charge in [-0.25, -0.2) is 9.37 Å². The van der Waals surface area contributed by atoms with Crippen LogP contribution >= 0.6 is 0 Å². The number of aromatic nitrogens is 3. The summed E-state index contributed by atoms with van der Waals surface area (Å²) in [5.41, 5.74) is 4.91. The van der Waals surface area contributed by atoms with E-state index in [0.717, 1.165) is 100 Å². The standard InChI is InChI=1S/C37H42FN7O3/c38-28-21-33(35(46)41-29-11-13-30(14-12-29)42-36(47)34-22-31-5-1-2-17-45(31)43-34)37(40-23-28)48-32-6-3-4-27(20-32)26-9-7-25(8-10-26)24-44-18-15-39-16-19-44/h3-4,6-10,20-23,29-30,39H,1-2,5,11-19,24H2,(H,41,46)(H,42,47)/t29-,30+. The molecule has 48 heavy (non-hydrogen) atoms. The largest absolute Gasteiger partial charge is 0.438 e. The first-order valence-electron chi connectivity index (χ1n) is 17.1. The quantitative estimate of drug-likeness (QED) is 0.231. The summed E-state index contributed by atoms with van der Waals surface area (Å²) in [6, 6.07) is 19.1. The zero-order valence-corrected chi connectivity index (χ0v) is 27.1. The second kappa shape index (κ2) is 14.7. The Morgan fingerprint density at radius 3 is 2.38 bits per heavy atom. The highest BCUT2D eigenvalue weighted by molar-refractivity contribution is 5.96. The number of nitrogens with one attached hydrogen (secondary N) is 3. The Morgan fingerprint density at radius 2 is 1.62 bits per heavy atom. The molecule has 1 saturated heterocycles. The van der Waals surface area contributed by atoms with Gasteiger partial charge in [0.15, 0.2) is 0 Å². The molecule has 10 nitrogen and oxygen atoms in total. The van der Waals surface area contributed by atoms with Crippen LogP contribution in [-0.2, 0) is 19.5 Å². The first kappa shape index (κ1) is 32.0. The fraction of sp³-hybridized carbons (Fsp3) is 0.405. The van der Waals surface area contributed by atoms with E-state index in [9.17, 15) is 14.0 Å². The molecule has 0 unspecified atom stereocenters. The van der Waals surface area contributed by atoms with E-state index in [1.165, 1.54) is 5.56 Å². The number of carbonyl (C=O) groups is 2. The molecule has 7 rings (SSSR count). The van der Waals surface area contributed by atoms with Crippen molar-refractivity contribution in [1.82, 2.24) is 35.6 Å². The lowest BCUT2D eigenvalue weighted by molar-refractivity contribution is 0.0887. The van der Waals surface area contributed by atoms with Gasteiger partial charge in [-0.05, 0) is 85.9 Å². The fourth-order valence-corrected chi connectivity index (χ4v) is 6.89. The Balaban J connectivity index is 0.948. The van der Waals surface area contributed by atoms with Gasteiger partial charge >= 0.3 is 0 Å². The highest BCUT2D eigenvalue weighted by atomic mass is 19.1. The Labute approximate surface area is 280 Å². The number of carbonyl (C=O) groups excluding carboxylic acids is 2. The van der Waals surface area contributed by atoms with Gasteiger partial charge in [0.1, 0.15) is 22.8 Å². The zero-order valence-electron chi connectivity index (χ0n) is 27.1. The maximum atomic E-state index is 14.3. The average Bonchev–Trinajstić information content (AvgIpc) is 3.56. The summed E-state index contributed by atoms with van der Waals surface area (Å²) in [5.74, 6) is -0.663. The number of halogens is 1. The predicted octanol–water partition coefficient (Wildman–Crippen LogP) is 5.09. The average molecular weight is 652 g/mol. The molecule has 0 bridgehead atoms. The van der Waals surface area contributed by atoms with Crippen LogP contribution in [0.3, 0.4) is 0 Å². The summed E-state index contributed by atoms with van der Waals surface area (Å²) in [5, 5.41) is 14.0. The van der Waals surface area contributed by atoms with Crippen LogP contribution in [0.15, 0.2) is 66.9 Å². The topological polar surface area (TPSA) is 113 Å². The number of pyridine rings is 1. The molecular formula is C37H42FN7O3. The summed E-state index contributed by atoms with van der Waals surface area (Å²) in [6.07, 6.45) is 7.04. The molecule has 0 spiro atoms. The lowest BCUT2D eigenvalue weighted by Crippen LogP contribution is -2.44. The Morgan fingerprint density at radius 1 is 0.875 bits per heavy atom. The SMILES string of the molecule is O=C(N[C@H]1CC[C@@H](NC(=O)c2cc(F)cnc2Oc2cccc(-c3ccc(CN4CCNCC4)cc3)c2)CC1)c1cc2n(n1)CCCC2. The first-order valence-corrected chi connectivity index (χ1v) is 17.1. The molecular weight excluding hydrogens is 609 g/mol. The van der Waals surface area contributed by atoms with E-state index in [1.807, 2.05) is 28.9 Å². The summed E-state index contributed by atoms with van der Waals surface area (Å²) < 4.78 is 22.4. The van der Waals surface area contributed by atoms with Crippen molar-refractivity contribution in [3.8, 4) is 22.8 Å². The summed E-state index contributed by atoms with van der Waals surface area (Å²) in [7, 11) is 0. The van der Waals surface area contributed by atoms with E-state index in [2.05, 4.69) is 55.2 Å². The number of hydrogen-bond acceptors (Lipinski definition) is 7. The summed E-state index contributed by atoms with van der Waals surface area (Å²) in [6.45, 7) is 5.93. The minimum absolute atomic E-state index is 0.00908. The number of aryl methyl sites for hydroxylation is 2. The third-order valence-corrected chi connectivity index (χ3v) is 9.56. The predicted molar refractivity (Wildman–Crippen MR) is 180 cm³/mol. The van der Waals surface area contributed by atoms with Gasteiger partial charge in [-0.3, -0.25) is 19.2 Å². The van der Waals surface area contributed by atoms with Crippen LogP contribution in [0.1, 0.15) is 70.6 Å². The van der Waals surface area contributed by atoms with E-state index in [0.29, 0.717) is 24.3 Å². The van der Waals surface area contributed by atoms with Gasteiger partial charge in [0.25, 0.3) is 11.8 Å². The number of hydrogen-bond donors (Lipinski definition) is 3. The number of nitrogens with zero attached hydrogens (tertiary/aromatic N) is 4. The Bertz CT molecular complexity index is 1720. The molecule has 1 saturated carbocycles. The second-order valence-electron chi connectivity index (χ2n) is 13.1. The van der Waals surface area contributed by atoms with E-state index in [-0.39, 0.29) is 29.4 Å². The van der Waals surface area contributed by atoms with Crippen LogP contribution in [0.2, 0.25) is 0 Å². The lowest BCUT2D eigenvalue weighted by atomic mass is 9.91. The third kappa shape index (κ3) is 7.74. The van der Waals surface area contributed by atoms with Crippen LogP contribution in [0.25, 0.3) is 11.1 Å². The van der Waals surface area contributed by atoms with Crippen molar-refractivity contribution in [2.75, 3.05) is 26.2 Å². The molecule has 2 aromatic heterocycles. The van der Waals surface area contributed by atoms with Gasteiger partial charge in [-0.15, -0.1) is 0 Å². The van der Waals surface area contributed by atoms with Crippen molar-refractivity contribution in [1.29, 1.82) is 0 Å². The molecule has 4 heterocycles. The highest BCUT2D eigenvalue weighted by Crippen LogP contribution is 2.29. The second-order valence-corrected chi connectivity index (χ2v) is 13.1. The van der Waals surface area contributed by atoms with Crippen molar-refractivity contribution in [2.24, 2.45) is 0 Å². The van der Waals surface area contributed by atoms with Gasteiger partial charge in [-0.2, -0.15) is 5.10 Å². The minimum atomic E-state index is -0.616. The summed E-state index contributed by atoms with van der Waals surface area (Å²) in [4.78, 5) is 32.8. The molecule has 250 valence electrons. The molecule has 2 amide bonds. The lowest BCUT2D eigenvalue weighted by Gasteiger charge is -2.29. The molecule has 4 aromatic rings. The first-order chi connectivity index (χ1) is 23.5. The van der Waals surface area contributed by atoms with E-state index < -0.39 is 11.7 Å². The molecule has 2 aromatic carbocycles. The van der Waals surface area contributed by atoms with Crippen LogP contribution in [0.5, 0.6) is 11.6 Å². The maximum absolute atomic E-state index is 14.3. The number of ether oxygens (including phenoxy) is 1. The molecule has 11 heteroatoms. The molecule has 1 aliphatic carbocycles. The molecule has 0 radical (unpaired) electrons. The zero-order chi connectivity index (χ0) is 32.9. The molecule has 2 aliphatic heterocycles. The van der Waals surface area contributed by atoms with E-state index in [4.69, 9.17) is 4.74 Å². The van der Waals surface area contributed by atoms with Crippen molar-refractivity contribution in [3.05, 3.63) is 95.2 Å². The van der Waals surface area contributed by atoms with Gasteiger partial charge in [0, 0.05) is 57.0 Å². The normalized spacial score (nSPS) is 19.7. The van der Waals surface area contributed by atoms with Crippen molar-refractivity contribution in [3.63, 3.8) is 0 Å². The number of rotatable bonds is 9. The minimum Gasteiger partial charge on any atom is -0.438 e. The van der Waals surface area contributed by atoms with Crippen molar-refractivity contribution >= 4 is 11.8 Å². The van der Waals surface area contributed by atoms with Crippen LogP contribution in [0.4, 0.5) is 4.39 Å².